The third kappa shape index (κ3) is 6.02. The van der Waals surface area contributed by atoms with E-state index in [1.807, 2.05) is 30.3 Å². The van der Waals surface area contributed by atoms with Gasteiger partial charge in [0.05, 0.1) is 7.11 Å². The minimum Gasteiger partial charge on any atom is -0.493 e. The van der Waals surface area contributed by atoms with Crippen LogP contribution in [-0.2, 0) is 16.1 Å². The van der Waals surface area contributed by atoms with E-state index in [9.17, 15) is 9.59 Å². The van der Waals surface area contributed by atoms with Crippen LogP contribution in [0.1, 0.15) is 11.1 Å². The monoisotopic (exact) mass is 341 g/mol. The highest BCUT2D eigenvalue weighted by molar-refractivity contribution is 5.85. The summed E-state index contributed by atoms with van der Waals surface area (Å²) in [6.07, 6.45) is 2.48. The minimum absolute atomic E-state index is 0.145. The van der Waals surface area contributed by atoms with Gasteiger partial charge in [0.2, 0.25) is 0 Å². The Morgan fingerprint density at radius 2 is 1.88 bits per heavy atom. The number of carboxylic acids is 1. The smallest absolute Gasteiger partial charge is 0.328 e. The van der Waals surface area contributed by atoms with Crippen LogP contribution in [0.2, 0.25) is 0 Å². The van der Waals surface area contributed by atoms with E-state index in [2.05, 4.69) is 5.32 Å². The highest BCUT2D eigenvalue weighted by atomic mass is 16.5. The number of carbonyl (C=O) groups is 2. The van der Waals surface area contributed by atoms with E-state index in [0.29, 0.717) is 23.6 Å². The lowest BCUT2D eigenvalue weighted by Crippen LogP contribution is -2.28. The van der Waals surface area contributed by atoms with Crippen LogP contribution in [0.15, 0.2) is 54.6 Å². The quantitative estimate of drug-likeness (QED) is 0.721. The first-order valence-electron chi connectivity index (χ1n) is 7.61. The number of aliphatic carboxylic acids is 1. The van der Waals surface area contributed by atoms with Crippen molar-refractivity contribution in [1.82, 2.24) is 5.32 Å². The molecule has 25 heavy (non-hydrogen) atoms. The number of carbonyl (C=O) groups excluding carboxylic acids is 1. The standard InChI is InChI=1S/C19H19NO5/c1-24-17-11-14(8-10-19(22)23)7-9-16(17)25-13-18(21)20-12-15-5-3-2-4-6-15/h2-11H,12-13H2,1H3,(H,20,21)(H,22,23). The molecule has 6 heteroatoms. The van der Waals surface area contributed by atoms with Crippen LogP contribution in [-0.4, -0.2) is 30.7 Å². The molecule has 0 aliphatic rings. The van der Waals surface area contributed by atoms with E-state index in [-0.39, 0.29) is 12.5 Å². The molecule has 0 aliphatic heterocycles. The van der Waals surface area contributed by atoms with Gasteiger partial charge >= 0.3 is 5.97 Å². The van der Waals surface area contributed by atoms with Gasteiger partial charge in [-0.05, 0) is 29.3 Å². The normalized spacial score (nSPS) is 10.4. The average Bonchev–Trinajstić information content (AvgIpc) is 2.64. The second kappa shape index (κ2) is 9.12. The molecule has 2 rings (SSSR count). The third-order valence-electron chi connectivity index (χ3n) is 3.30. The molecule has 2 N–H and O–H groups in total. The summed E-state index contributed by atoms with van der Waals surface area (Å²) >= 11 is 0. The van der Waals surface area contributed by atoms with Gasteiger partial charge in [-0.3, -0.25) is 4.79 Å². The molecule has 130 valence electrons. The van der Waals surface area contributed by atoms with Crippen molar-refractivity contribution >= 4 is 18.0 Å². The topological polar surface area (TPSA) is 84.9 Å². The number of benzene rings is 2. The van der Waals surface area contributed by atoms with Crippen molar-refractivity contribution in [3.8, 4) is 11.5 Å². The fraction of sp³-hybridized carbons (Fsp3) is 0.158. The molecule has 0 fully saturated rings. The molecule has 0 atom stereocenters. The summed E-state index contributed by atoms with van der Waals surface area (Å²) in [6.45, 7) is 0.284. The van der Waals surface area contributed by atoms with Gasteiger partial charge in [0.1, 0.15) is 0 Å². The predicted molar refractivity (Wildman–Crippen MR) is 93.4 cm³/mol. The second-order valence-electron chi connectivity index (χ2n) is 5.13. The summed E-state index contributed by atoms with van der Waals surface area (Å²) in [4.78, 5) is 22.4. The Morgan fingerprint density at radius 1 is 1.12 bits per heavy atom. The van der Waals surface area contributed by atoms with Crippen molar-refractivity contribution in [3.63, 3.8) is 0 Å². The summed E-state index contributed by atoms with van der Waals surface area (Å²) in [5.74, 6) is -0.455. The number of rotatable bonds is 8. The average molecular weight is 341 g/mol. The number of carboxylic acid groups (broad SMARTS) is 1. The van der Waals surface area contributed by atoms with Crippen molar-refractivity contribution in [1.29, 1.82) is 0 Å². The molecule has 2 aromatic carbocycles. The number of hydrogen-bond acceptors (Lipinski definition) is 4. The van der Waals surface area contributed by atoms with E-state index in [4.69, 9.17) is 14.6 Å². The summed E-state index contributed by atoms with van der Waals surface area (Å²) in [7, 11) is 1.47. The lowest BCUT2D eigenvalue weighted by molar-refractivity contribution is -0.131. The first-order chi connectivity index (χ1) is 12.1. The fourth-order valence-electron chi connectivity index (χ4n) is 2.07. The Bertz CT molecular complexity index is 756. The highest BCUT2D eigenvalue weighted by Gasteiger charge is 2.08. The minimum atomic E-state index is -1.03. The van der Waals surface area contributed by atoms with Gasteiger partial charge in [-0.2, -0.15) is 0 Å². The van der Waals surface area contributed by atoms with Crippen LogP contribution < -0.4 is 14.8 Å². The van der Waals surface area contributed by atoms with Gasteiger partial charge in [-0.15, -0.1) is 0 Å². The molecule has 0 heterocycles. The zero-order valence-electron chi connectivity index (χ0n) is 13.8. The van der Waals surface area contributed by atoms with Gasteiger partial charge in [-0.1, -0.05) is 36.4 Å². The van der Waals surface area contributed by atoms with Crippen LogP contribution in [0, 0.1) is 0 Å². The van der Waals surface area contributed by atoms with Crippen molar-refractivity contribution in [2.24, 2.45) is 0 Å². The zero-order chi connectivity index (χ0) is 18.1. The maximum atomic E-state index is 11.9. The van der Waals surface area contributed by atoms with Gasteiger partial charge < -0.3 is 19.9 Å². The van der Waals surface area contributed by atoms with Gasteiger partial charge in [-0.25, -0.2) is 4.79 Å². The van der Waals surface area contributed by atoms with Crippen LogP contribution in [0.25, 0.3) is 6.08 Å². The molecule has 6 nitrogen and oxygen atoms in total. The number of nitrogens with one attached hydrogen (secondary N) is 1. The van der Waals surface area contributed by atoms with E-state index < -0.39 is 5.97 Å². The predicted octanol–water partition coefficient (Wildman–Crippen LogP) is 2.49. The zero-order valence-corrected chi connectivity index (χ0v) is 13.8. The second-order valence-corrected chi connectivity index (χ2v) is 5.13. The van der Waals surface area contributed by atoms with E-state index in [1.54, 1.807) is 18.2 Å². The van der Waals surface area contributed by atoms with Gasteiger partial charge in [0, 0.05) is 12.6 Å². The van der Waals surface area contributed by atoms with Crippen molar-refractivity contribution in [3.05, 3.63) is 65.7 Å². The summed E-state index contributed by atoms with van der Waals surface area (Å²) in [5, 5.41) is 11.4. The molecule has 0 radical (unpaired) electrons. The molecule has 0 aromatic heterocycles. The molecule has 0 bridgehead atoms. The Hall–Kier alpha value is -3.28. The molecular weight excluding hydrogens is 322 g/mol. The maximum Gasteiger partial charge on any atom is 0.328 e. The van der Waals surface area contributed by atoms with Crippen LogP contribution in [0.5, 0.6) is 11.5 Å². The van der Waals surface area contributed by atoms with Crippen LogP contribution >= 0.6 is 0 Å². The van der Waals surface area contributed by atoms with E-state index >= 15 is 0 Å². The maximum absolute atomic E-state index is 11.9. The highest BCUT2D eigenvalue weighted by Crippen LogP contribution is 2.28. The first-order valence-corrected chi connectivity index (χ1v) is 7.61. The SMILES string of the molecule is COc1cc(C=CC(=O)O)ccc1OCC(=O)NCc1ccccc1. The molecular formula is C19H19NO5. The molecule has 0 saturated heterocycles. The number of amides is 1. The molecule has 1 amide bonds. The van der Waals surface area contributed by atoms with Gasteiger partial charge in [0.25, 0.3) is 5.91 Å². The summed E-state index contributed by atoms with van der Waals surface area (Å²) in [5.41, 5.74) is 1.66. The number of hydrogen-bond donors (Lipinski definition) is 2. The molecule has 0 unspecified atom stereocenters. The third-order valence-corrected chi connectivity index (χ3v) is 3.30. The van der Waals surface area contributed by atoms with Crippen molar-refractivity contribution in [2.45, 2.75) is 6.54 Å². The Balaban J connectivity index is 1.91. The summed E-state index contributed by atoms with van der Waals surface area (Å²) in [6, 6.07) is 14.5. The van der Waals surface area contributed by atoms with Crippen molar-refractivity contribution in [2.75, 3.05) is 13.7 Å². The van der Waals surface area contributed by atoms with Gasteiger partial charge in [0.15, 0.2) is 18.1 Å². The molecule has 0 spiro atoms. The Morgan fingerprint density at radius 3 is 2.56 bits per heavy atom. The number of ether oxygens (including phenoxy) is 2. The van der Waals surface area contributed by atoms with Crippen LogP contribution in [0.3, 0.4) is 0 Å². The Labute approximate surface area is 145 Å². The fourth-order valence-corrected chi connectivity index (χ4v) is 2.07. The summed E-state index contributed by atoms with van der Waals surface area (Å²) < 4.78 is 10.7. The lowest BCUT2D eigenvalue weighted by atomic mass is 10.2. The van der Waals surface area contributed by atoms with Crippen molar-refractivity contribution < 1.29 is 24.2 Å². The largest absolute Gasteiger partial charge is 0.493 e. The lowest BCUT2D eigenvalue weighted by Gasteiger charge is -2.11. The first kappa shape index (κ1) is 18.1. The Kier molecular flexibility index (Phi) is 6.59. The molecule has 0 aliphatic carbocycles. The molecule has 2 aromatic rings. The van der Waals surface area contributed by atoms with E-state index in [1.165, 1.54) is 13.2 Å². The van der Waals surface area contributed by atoms with E-state index in [0.717, 1.165) is 11.6 Å². The number of methoxy groups -OCH3 is 1. The van der Waals surface area contributed by atoms with Crippen LogP contribution in [0.4, 0.5) is 0 Å². The molecule has 0 saturated carbocycles.